The molecule has 0 fully saturated rings. The highest BCUT2D eigenvalue weighted by atomic mass is 16.5. The van der Waals surface area contributed by atoms with Crippen molar-refractivity contribution in [3.8, 4) is 22.5 Å². The number of carboxylic acid groups (broad SMARTS) is 1. The first-order valence-electron chi connectivity index (χ1n) is 10.6. The van der Waals surface area contributed by atoms with Crippen LogP contribution in [-0.2, 0) is 11.3 Å². The molecule has 1 unspecified atom stereocenters. The van der Waals surface area contributed by atoms with E-state index in [4.69, 9.17) is 4.74 Å². The molecule has 0 radical (unpaired) electrons. The van der Waals surface area contributed by atoms with E-state index in [-0.39, 0.29) is 5.56 Å². The van der Waals surface area contributed by atoms with E-state index in [0.717, 1.165) is 27.9 Å². The molecule has 33 heavy (non-hydrogen) atoms. The third-order valence-corrected chi connectivity index (χ3v) is 5.57. The Labute approximate surface area is 190 Å². The van der Waals surface area contributed by atoms with Crippen molar-refractivity contribution in [2.45, 2.75) is 19.8 Å². The number of tetrazole rings is 1. The summed E-state index contributed by atoms with van der Waals surface area (Å²) in [5, 5.41) is 27.4. The summed E-state index contributed by atoms with van der Waals surface area (Å²) < 4.78 is 5.85. The summed E-state index contributed by atoms with van der Waals surface area (Å²) in [6, 6.07) is 21.3. The quantitative estimate of drug-likeness (QED) is 0.394. The third kappa shape index (κ3) is 3.90. The Bertz CT molecular complexity index is 1270. The molecule has 0 amide bonds. The number of rotatable bonds is 7. The van der Waals surface area contributed by atoms with Crippen LogP contribution < -0.4 is 10.2 Å². The summed E-state index contributed by atoms with van der Waals surface area (Å²) in [6.45, 7) is 2.90. The number of aromatic amines is 1. The zero-order valence-corrected chi connectivity index (χ0v) is 17.9. The molecule has 0 spiro atoms. The number of aromatic carboxylic acids is 1. The van der Waals surface area contributed by atoms with Gasteiger partial charge in [-0.3, -0.25) is 0 Å². The summed E-state index contributed by atoms with van der Waals surface area (Å²) in [4.78, 5) is 13.8. The van der Waals surface area contributed by atoms with Crippen LogP contribution in [0.1, 0.15) is 22.8 Å². The van der Waals surface area contributed by atoms with E-state index in [1.165, 1.54) is 0 Å². The van der Waals surface area contributed by atoms with Crippen molar-refractivity contribution in [3.05, 3.63) is 77.9 Å². The molecule has 3 N–H and O–H groups in total. The fourth-order valence-corrected chi connectivity index (χ4v) is 4.11. The fourth-order valence-electron chi connectivity index (χ4n) is 4.11. The van der Waals surface area contributed by atoms with Gasteiger partial charge in [-0.2, -0.15) is 5.21 Å². The number of carbonyl (C=O) groups is 1. The molecule has 5 rings (SSSR count). The number of para-hydroxylation sites is 1. The molecule has 3 aromatic carbocycles. The van der Waals surface area contributed by atoms with E-state index >= 15 is 0 Å². The van der Waals surface area contributed by atoms with Gasteiger partial charge in [-0.05, 0) is 41.0 Å². The number of nitrogens with zero attached hydrogens (tertiary/aromatic N) is 4. The molecular weight excluding hydrogens is 420 g/mol. The largest absolute Gasteiger partial charge is 0.478 e. The first kappa shape index (κ1) is 20.7. The predicted octanol–water partition coefficient (Wildman–Crippen LogP) is 3.98. The van der Waals surface area contributed by atoms with Crippen LogP contribution in [0.25, 0.3) is 22.5 Å². The van der Waals surface area contributed by atoms with Crippen molar-refractivity contribution in [2.75, 3.05) is 16.8 Å². The molecule has 1 aliphatic heterocycles. The molecule has 0 bridgehead atoms. The summed E-state index contributed by atoms with van der Waals surface area (Å²) in [5.41, 5.74) is 5.56. The predicted molar refractivity (Wildman–Crippen MR) is 124 cm³/mol. The average molecular weight is 442 g/mol. The SMILES string of the molecule is CCOC1Nc2cccc(C(=O)O)c2N1Cc1ccc(-c2ccccc2-c2nn[nH]n2)cc1. The highest BCUT2D eigenvalue weighted by Crippen LogP contribution is 2.39. The zero-order chi connectivity index (χ0) is 22.8. The molecule has 2 heterocycles. The van der Waals surface area contributed by atoms with E-state index < -0.39 is 12.3 Å². The Balaban J connectivity index is 1.45. The number of fused-ring (bicyclic) bond motifs is 1. The summed E-state index contributed by atoms with van der Waals surface area (Å²) >= 11 is 0. The maximum absolute atomic E-state index is 11.8. The van der Waals surface area contributed by atoms with E-state index in [2.05, 4.69) is 25.9 Å². The normalized spacial score (nSPS) is 14.7. The number of ether oxygens (including phenoxy) is 1. The standard InChI is InChI=1S/C24H22N6O3/c1-2-33-24-25-20-9-5-8-19(23(31)32)21(20)30(24)14-15-10-12-16(13-11-15)17-6-3-4-7-18(17)22-26-28-29-27-22/h3-13,24-25H,2,14H2,1H3,(H,31,32)(H,26,27,28,29). The fraction of sp³-hybridized carbons (Fsp3) is 0.167. The molecule has 9 heteroatoms. The number of benzene rings is 3. The summed E-state index contributed by atoms with van der Waals surface area (Å²) in [7, 11) is 0. The molecule has 4 aromatic rings. The number of aromatic nitrogens is 4. The van der Waals surface area contributed by atoms with Gasteiger partial charge < -0.3 is 20.1 Å². The third-order valence-electron chi connectivity index (χ3n) is 5.57. The van der Waals surface area contributed by atoms with Crippen molar-refractivity contribution < 1.29 is 14.6 Å². The lowest BCUT2D eigenvalue weighted by Gasteiger charge is -2.27. The molecule has 9 nitrogen and oxygen atoms in total. The van der Waals surface area contributed by atoms with Crippen LogP contribution >= 0.6 is 0 Å². The molecule has 166 valence electrons. The van der Waals surface area contributed by atoms with E-state index in [1.54, 1.807) is 12.1 Å². The Morgan fingerprint density at radius 2 is 1.85 bits per heavy atom. The number of hydrogen-bond acceptors (Lipinski definition) is 7. The molecule has 0 saturated carbocycles. The second kappa shape index (κ2) is 8.71. The molecule has 1 aromatic heterocycles. The van der Waals surface area contributed by atoms with Crippen LogP contribution in [0.2, 0.25) is 0 Å². The van der Waals surface area contributed by atoms with Crippen molar-refractivity contribution in [2.24, 2.45) is 0 Å². The van der Waals surface area contributed by atoms with Crippen LogP contribution in [-0.4, -0.2) is 44.7 Å². The second-order valence-corrected chi connectivity index (χ2v) is 7.56. The van der Waals surface area contributed by atoms with Crippen LogP contribution in [0.4, 0.5) is 11.4 Å². The first-order valence-corrected chi connectivity index (χ1v) is 10.6. The molecule has 1 atom stereocenters. The Morgan fingerprint density at radius 3 is 2.55 bits per heavy atom. The van der Waals surface area contributed by atoms with E-state index in [9.17, 15) is 9.90 Å². The Hall–Kier alpha value is -4.24. The van der Waals surface area contributed by atoms with Gasteiger partial charge in [0.2, 0.25) is 12.2 Å². The minimum Gasteiger partial charge on any atom is -0.478 e. The van der Waals surface area contributed by atoms with Gasteiger partial charge in [0.05, 0.1) is 16.9 Å². The number of carboxylic acids is 1. The van der Waals surface area contributed by atoms with Crippen molar-refractivity contribution in [3.63, 3.8) is 0 Å². The van der Waals surface area contributed by atoms with Gasteiger partial charge in [-0.15, -0.1) is 10.2 Å². The minimum atomic E-state index is -0.968. The lowest BCUT2D eigenvalue weighted by molar-refractivity contribution is 0.0694. The second-order valence-electron chi connectivity index (χ2n) is 7.56. The van der Waals surface area contributed by atoms with Crippen LogP contribution in [0.3, 0.4) is 0 Å². The summed E-state index contributed by atoms with van der Waals surface area (Å²) in [6.07, 6.45) is -0.441. The number of hydrogen-bond donors (Lipinski definition) is 3. The zero-order valence-electron chi connectivity index (χ0n) is 17.9. The molecule has 1 aliphatic rings. The summed E-state index contributed by atoms with van der Waals surface area (Å²) in [5.74, 6) is -0.431. The van der Waals surface area contributed by atoms with Gasteiger partial charge in [0.25, 0.3) is 0 Å². The maximum atomic E-state index is 11.8. The monoisotopic (exact) mass is 442 g/mol. The van der Waals surface area contributed by atoms with Gasteiger partial charge >= 0.3 is 5.97 Å². The van der Waals surface area contributed by atoms with Crippen molar-refractivity contribution >= 4 is 17.3 Å². The Morgan fingerprint density at radius 1 is 1.06 bits per heavy atom. The first-order chi connectivity index (χ1) is 16.2. The average Bonchev–Trinajstić information content (AvgIpc) is 3.49. The van der Waals surface area contributed by atoms with Gasteiger partial charge in [0.15, 0.2) is 0 Å². The smallest absolute Gasteiger partial charge is 0.337 e. The lowest BCUT2D eigenvalue weighted by atomic mass is 9.98. The molecule has 0 saturated heterocycles. The van der Waals surface area contributed by atoms with Gasteiger partial charge in [-0.1, -0.05) is 54.6 Å². The van der Waals surface area contributed by atoms with Crippen LogP contribution in [0.5, 0.6) is 0 Å². The molecular formula is C24H22N6O3. The van der Waals surface area contributed by atoms with Gasteiger partial charge in [0.1, 0.15) is 0 Å². The van der Waals surface area contributed by atoms with Gasteiger partial charge in [0, 0.05) is 18.7 Å². The van der Waals surface area contributed by atoms with E-state index in [1.807, 2.05) is 66.4 Å². The number of anilines is 2. The number of H-pyrrole nitrogens is 1. The lowest BCUT2D eigenvalue weighted by Crippen LogP contribution is -2.38. The van der Waals surface area contributed by atoms with Crippen LogP contribution in [0.15, 0.2) is 66.7 Å². The van der Waals surface area contributed by atoms with Gasteiger partial charge in [-0.25, -0.2) is 4.79 Å². The number of nitrogens with one attached hydrogen (secondary N) is 2. The highest BCUT2D eigenvalue weighted by molar-refractivity contribution is 5.99. The highest BCUT2D eigenvalue weighted by Gasteiger charge is 2.33. The van der Waals surface area contributed by atoms with Crippen molar-refractivity contribution in [1.29, 1.82) is 0 Å². The van der Waals surface area contributed by atoms with Crippen LogP contribution in [0, 0.1) is 0 Å². The minimum absolute atomic E-state index is 0.243. The topological polar surface area (TPSA) is 116 Å². The maximum Gasteiger partial charge on any atom is 0.337 e. The van der Waals surface area contributed by atoms with Crippen molar-refractivity contribution in [1.82, 2.24) is 20.6 Å². The molecule has 0 aliphatic carbocycles. The van der Waals surface area contributed by atoms with E-state index in [0.29, 0.717) is 24.7 Å². The Kier molecular flexibility index (Phi) is 5.45.